The molecule has 0 aliphatic carbocycles. The van der Waals surface area contributed by atoms with Gasteiger partial charge in [-0.3, -0.25) is 0 Å². The monoisotopic (exact) mass is 635 g/mol. The Morgan fingerprint density at radius 3 is 1.68 bits per heavy atom. The molecule has 0 saturated carbocycles. The summed E-state index contributed by atoms with van der Waals surface area (Å²) in [4.78, 5) is 3.97. The van der Waals surface area contributed by atoms with E-state index in [0.29, 0.717) is 16.8 Å². The number of hydrogen-bond donors (Lipinski definition) is 0. The maximum Gasteiger partial charge on any atom is 0.211 e. The maximum atomic E-state index is 9.63. The summed E-state index contributed by atoms with van der Waals surface area (Å²) in [5.74, 6) is 0. The van der Waals surface area contributed by atoms with Gasteiger partial charge in [-0.25, -0.2) is 4.85 Å². The standard InChI is InChI=1S/C45H25N5/c1-48-40-10-6-9-35(45(40)50-41-11-4-2-7-36(41)37-8-3-5-12-42(37)50)33-17-15-31(16-18-33)32-19-21-34(22-20-32)49-43-24-14-29(27-46)25-39(43)38-23-13-30(28-47)26-44(38)49/h2-26H. The largest absolute Gasteiger partial charge is 0.318 e. The van der Waals surface area contributed by atoms with E-state index in [2.05, 4.69) is 117 Å². The lowest BCUT2D eigenvalue weighted by Gasteiger charge is -2.16. The second kappa shape index (κ2) is 11.4. The Kier molecular flexibility index (Phi) is 6.56. The Labute approximate surface area is 288 Å². The molecule has 230 valence electrons. The van der Waals surface area contributed by atoms with Gasteiger partial charge in [0.15, 0.2) is 0 Å². The molecular weight excluding hydrogens is 611 g/mol. The normalized spacial score (nSPS) is 11.1. The lowest BCUT2D eigenvalue weighted by Crippen LogP contribution is -1.97. The van der Waals surface area contributed by atoms with Gasteiger partial charge in [-0.1, -0.05) is 97.1 Å². The van der Waals surface area contributed by atoms with Gasteiger partial charge in [0.2, 0.25) is 5.69 Å². The number of benzene rings is 7. The number of rotatable bonds is 4. The summed E-state index contributed by atoms with van der Waals surface area (Å²) in [6.45, 7) is 8.09. The topological polar surface area (TPSA) is 61.8 Å². The molecule has 5 heteroatoms. The number of para-hydroxylation sites is 3. The van der Waals surface area contributed by atoms with Crippen molar-refractivity contribution in [3.8, 4) is 45.8 Å². The van der Waals surface area contributed by atoms with Crippen molar-refractivity contribution in [2.75, 3.05) is 0 Å². The molecular formula is C45H25N5. The zero-order valence-electron chi connectivity index (χ0n) is 26.7. The molecule has 7 aromatic carbocycles. The summed E-state index contributed by atoms with van der Waals surface area (Å²) in [6, 6.07) is 55.6. The molecule has 0 bridgehead atoms. The van der Waals surface area contributed by atoms with Crippen LogP contribution in [-0.2, 0) is 0 Å². The highest BCUT2D eigenvalue weighted by molar-refractivity contribution is 6.11. The van der Waals surface area contributed by atoms with Crippen molar-refractivity contribution in [1.82, 2.24) is 9.13 Å². The molecule has 0 spiro atoms. The first-order chi connectivity index (χ1) is 24.7. The molecule has 2 aromatic heterocycles. The van der Waals surface area contributed by atoms with Gasteiger partial charge in [-0.2, -0.15) is 10.5 Å². The summed E-state index contributed by atoms with van der Waals surface area (Å²) in [5, 5.41) is 23.5. The summed E-state index contributed by atoms with van der Waals surface area (Å²) in [6.07, 6.45) is 0. The molecule has 0 unspecified atom stereocenters. The predicted molar refractivity (Wildman–Crippen MR) is 202 cm³/mol. The highest BCUT2D eigenvalue weighted by atomic mass is 15.0. The summed E-state index contributed by atoms with van der Waals surface area (Å²) in [7, 11) is 0. The van der Waals surface area contributed by atoms with Crippen LogP contribution in [0.1, 0.15) is 11.1 Å². The van der Waals surface area contributed by atoms with Gasteiger partial charge in [0.05, 0.1) is 57.6 Å². The van der Waals surface area contributed by atoms with E-state index in [4.69, 9.17) is 6.57 Å². The van der Waals surface area contributed by atoms with Gasteiger partial charge in [0.25, 0.3) is 0 Å². The Hall–Kier alpha value is -7.39. The van der Waals surface area contributed by atoms with Crippen LogP contribution in [0, 0.1) is 29.2 Å². The van der Waals surface area contributed by atoms with Gasteiger partial charge >= 0.3 is 0 Å². The molecule has 9 aromatic rings. The van der Waals surface area contributed by atoms with Gasteiger partial charge < -0.3 is 9.13 Å². The van der Waals surface area contributed by atoms with Gasteiger partial charge in [0, 0.05) is 27.2 Å². The van der Waals surface area contributed by atoms with E-state index in [9.17, 15) is 10.5 Å². The first-order valence-corrected chi connectivity index (χ1v) is 16.3. The number of aromatic nitrogens is 2. The first-order valence-electron chi connectivity index (χ1n) is 16.3. The molecule has 5 nitrogen and oxygen atoms in total. The molecule has 0 N–H and O–H groups in total. The molecule has 0 aliphatic rings. The molecule has 0 aliphatic heterocycles. The third kappa shape index (κ3) is 4.38. The Morgan fingerprint density at radius 1 is 0.460 bits per heavy atom. The van der Waals surface area contributed by atoms with E-state index in [0.717, 1.165) is 77.2 Å². The number of hydrogen-bond acceptors (Lipinski definition) is 2. The van der Waals surface area contributed by atoms with Crippen molar-refractivity contribution >= 4 is 49.3 Å². The molecule has 0 fully saturated rings. The van der Waals surface area contributed by atoms with Gasteiger partial charge in [0.1, 0.15) is 0 Å². The second-order valence-corrected chi connectivity index (χ2v) is 12.3. The number of fused-ring (bicyclic) bond motifs is 6. The highest BCUT2D eigenvalue weighted by Crippen LogP contribution is 2.41. The van der Waals surface area contributed by atoms with E-state index in [1.54, 1.807) is 0 Å². The average Bonchev–Trinajstić information content (AvgIpc) is 3.69. The highest BCUT2D eigenvalue weighted by Gasteiger charge is 2.19. The van der Waals surface area contributed by atoms with E-state index in [1.807, 2.05) is 60.7 Å². The zero-order valence-corrected chi connectivity index (χ0v) is 26.7. The van der Waals surface area contributed by atoms with Crippen molar-refractivity contribution in [2.45, 2.75) is 0 Å². The van der Waals surface area contributed by atoms with Crippen molar-refractivity contribution in [2.24, 2.45) is 0 Å². The van der Waals surface area contributed by atoms with Crippen LogP contribution < -0.4 is 0 Å². The third-order valence-corrected chi connectivity index (χ3v) is 9.62. The van der Waals surface area contributed by atoms with Crippen LogP contribution in [0.4, 0.5) is 5.69 Å². The lowest BCUT2D eigenvalue weighted by molar-refractivity contribution is 1.18. The third-order valence-electron chi connectivity index (χ3n) is 9.62. The Balaban J connectivity index is 1.13. The van der Waals surface area contributed by atoms with Crippen LogP contribution in [-0.4, -0.2) is 9.13 Å². The van der Waals surface area contributed by atoms with Crippen molar-refractivity contribution in [3.63, 3.8) is 0 Å². The van der Waals surface area contributed by atoms with E-state index in [-0.39, 0.29) is 0 Å². The average molecular weight is 636 g/mol. The Bertz CT molecular complexity index is 2890. The molecule has 50 heavy (non-hydrogen) atoms. The smallest absolute Gasteiger partial charge is 0.211 e. The summed E-state index contributed by atoms with van der Waals surface area (Å²) >= 11 is 0. The lowest BCUT2D eigenvalue weighted by atomic mass is 9.98. The predicted octanol–water partition coefficient (Wildman–Crippen LogP) is 11.5. The first kappa shape index (κ1) is 28.8. The minimum Gasteiger partial charge on any atom is -0.318 e. The summed E-state index contributed by atoms with van der Waals surface area (Å²) < 4.78 is 4.38. The van der Waals surface area contributed by atoms with Gasteiger partial charge in [-0.05, 0) is 76.9 Å². The quantitative estimate of drug-likeness (QED) is 0.181. The molecule has 0 radical (unpaired) electrons. The molecule has 0 amide bonds. The molecule has 0 saturated heterocycles. The van der Waals surface area contributed by atoms with Crippen LogP contribution in [0.3, 0.4) is 0 Å². The van der Waals surface area contributed by atoms with Crippen LogP contribution in [0.5, 0.6) is 0 Å². The van der Waals surface area contributed by atoms with Gasteiger partial charge in [-0.15, -0.1) is 0 Å². The van der Waals surface area contributed by atoms with Crippen LogP contribution in [0.15, 0.2) is 152 Å². The SMILES string of the molecule is [C-]#[N+]c1cccc(-c2ccc(-c3ccc(-n4c5ccc(C#N)cc5c5ccc(C#N)cc54)cc3)cc2)c1-n1c2ccccc2c2ccccc21. The number of nitrogens with zero attached hydrogens (tertiary/aromatic N) is 5. The number of nitriles is 2. The molecule has 9 rings (SSSR count). The fourth-order valence-electron chi connectivity index (χ4n) is 7.34. The van der Waals surface area contributed by atoms with Crippen LogP contribution in [0.2, 0.25) is 0 Å². The van der Waals surface area contributed by atoms with Crippen molar-refractivity contribution < 1.29 is 0 Å². The molecule has 0 atom stereocenters. The van der Waals surface area contributed by atoms with Crippen molar-refractivity contribution in [3.05, 3.63) is 174 Å². The Morgan fingerprint density at radius 2 is 1.02 bits per heavy atom. The van der Waals surface area contributed by atoms with Crippen LogP contribution in [0.25, 0.3) is 82.1 Å². The van der Waals surface area contributed by atoms with E-state index in [1.165, 1.54) is 0 Å². The fraction of sp³-hybridized carbons (Fsp3) is 0. The zero-order chi connectivity index (χ0) is 33.8. The van der Waals surface area contributed by atoms with Crippen molar-refractivity contribution in [1.29, 1.82) is 10.5 Å². The maximum absolute atomic E-state index is 9.63. The minimum atomic E-state index is 0.585. The minimum absolute atomic E-state index is 0.585. The van der Waals surface area contributed by atoms with E-state index >= 15 is 0 Å². The second-order valence-electron chi connectivity index (χ2n) is 12.3. The molecule has 2 heterocycles. The fourth-order valence-corrected chi connectivity index (χ4v) is 7.34. The van der Waals surface area contributed by atoms with Crippen LogP contribution >= 0.6 is 0 Å². The summed E-state index contributed by atoms with van der Waals surface area (Å²) in [5.41, 5.74) is 11.9. The van der Waals surface area contributed by atoms with E-state index < -0.39 is 0 Å².